The summed E-state index contributed by atoms with van der Waals surface area (Å²) in [6, 6.07) is 72.7. The topological polar surface area (TPSA) is 107 Å². The number of nitrogens with two attached hydrogens (primary N) is 1. The predicted molar refractivity (Wildman–Crippen MR) is 313 cm³/mol. The molecule has 3 N–H and O–H groups in total. The minimum absolute atomic E-state index is 0.307. The first-order valence-electron chi connectivity index (χ1n) is 22.8. The van der Waals surface area contributed by atoms with Crippen LogP contribution >= 0.6 is 78.3 Å². The molecule has 14 heteroatoms. The Hall–Kier alpha value is -6.60. The van der Waals surface area contributed by atoms with Crippen LogP contribution in [0.2, 0.25) is 0 Å². The van der Waals surface area contributed by atoms with E-state index in [1.54, 1.807) is 6.07 Å². The number of hydrazine groups is 1. The Morgan fingerprint density at radius 1 is 0.589 bits per heavy atom. The second-order valence-corrected chi connectivity index (χ2v) is 21.3. The highest BCUT2D eigenvalue weighted by Gasteiger charge is 2.19. The molecule has 0 atom stereocenters. The van der Waals surface area contributed by atoms with E-state index in [0.29, 0.717) is 23.9 Å². The quantitative estimate of drug-likeness (QED) is 0.0541. The largest absolute Gasteiger partial charge is 0.477 e. The number of halogens is 6. The molecule has 1 amide bonds. The molecule has 0 aliphatic heterocycles. The zero-order valence-corrected chi connectivity index (χ0v) is 45.1. The number of ether oxygens (including phenoxy) is 1. The normalized spacial score (nSPS) is 11.2. The summed E-state index contributed by atoms with van der Waals surface area (Å²) in [7, 11) is 0. The summed E-state index contributed by atoms with van der Waals surface area (Å²) < 4.78 is 7.95. The molecule has 0 fully saturated rings. The van der Waals surface area contributed by atoms with E-state index < -0.39 is 3.25 Å². The monoisotopic (exact) mass is 1170 g/mol. The number of hydrogen-bond donors (Lipinski definition) is 2. The Labute approximate surface area is 459 Å². The van der Waals surface area contributed by atoms with E-state index in [4.69, 9.17) is 67.1 Å². The summed E-state index contributed by atoms with van der Waals surface area (Å²) in [5.41, 5.74) is 8.04. The van der Waals surface area contributed by atoms with Crippen LogP contribution in [0.25, 0.3) is 71.6 Å². The van der Waals surface area contributed by atoms with Gasteiger partial charge >= 0.3 is 0 Å². The lowest BCUT2D eigenvalue weighted by atomic mass is 10.0. The van der Waals surface area contributed by atoms with Gasteiger partial charge in [0.2, 0.25) is 5.90 Å². The van der Waals surface area contributed by atoms with Gasteiger partial charge in [-0.25, -0.2) is 9.67 Å². The summed E-state index contributed by atoms with van der Waals surface area (Å²) in [5, 5.41) is 13.9. The smallest absolute Gasteiger partial charge is 0.280 e. The highest BCUT2D eigenvalue weighted by molar-refractivity contribution is 9.10. The minimum atomic E-state index is -1.61. The Balaban J connectivity index is 0.000000152. The van der Waals surface area contributed by atoms with Gasteiger partial charge in [0, 0.05) is 42.0 Å². The molecule has 364 valence electrons. The Bertz CT molecular complexity index is 3570. The fourth-order valence-corrected chi connectivity index (χ4v) is 8.54. The molecule has 0 unspecified atom stereocenters. The fourth-order valence-electron chi connectivity index (χ4n) is 8.01. The molecule has 73 heavy (non-hydrogen) atoms. The van der Waals surface area contributed by atoms with E-state index in [-0.39, 0.29) is 5.91 Å². The number of benzene rings is 10. The van der Waals surface area contributed by atoms with Crippen molar-refractivity contribution in [2.45, 2.75) is 10.2 Å². The van der Waals surface area contributed by atoms with Crippen LogP contribution in [0.5, 0.6) is 0 Å². The lowest BCUT2D eigenvalue weighted by molar-refractivity contribution is 0.100. The maximum Gasteiger partial charge on any atom is 0.280 e. The molecule has 0 radical (unpaired) electrons. The standard InChI is InChI=1S/C28H18BrN3.C20H16BrNO2.C10H10N2.CCl4/c29-22-17-15-21(16-18-22)27-30-28(25-13-5-9-19-7-1-3-11-23(19)25)32(31-27)26-14-6-10-20-8-2-4-12-24(20)26;1-2-24-20(15-10-12-16(21)13-11-15)22-19(23)18-9-5-7-14-6-3-4-8-17(14)18;11-12-10-7-3-5-8-4-1-2-6-9(8)10;2-1(3,4)5/h1-18H;3-13H,2H2,1H3;1-7,12H,11H2;. The number of carbonyl (C=O) groups is 1. The first-order valence-corrected chi connectivity index (χ1v) is 25.9. The molecule has 0 aliphatic rings. The van der Waals surface area contributed by atoms with Gasteiger partial charge in [-0.2, -0.15) is 4.99 Å². The van der Waals surface area contributed by atoms with Gasteiger partial charge < -0.3 is 10.2 Å². The molecule has 11 rings (SSSR count). The van der Waals surface area contributed by atoms with Crippen LogP contribution in [0.4, 0.5) is 5.69 Å². The number of anilines is 1. The SMILES string of the molecule is Brc1ccc(-c2nc(-c3cccc4ccccc34)n(-c3cccc4ccccc34)n2)cc1.CCOC(=NC(=O)c1cccc2ccccc12)c1ccc(Br)cc1.ClC(Cl)(Cl)Cl.NNc1cccc2ccccc12. The summed E-state index contributed by atoms with van der Waals surface area (Å²) >= 11 is 26.2. The molecule has 0 saturated carbocycles. The van der Waals surface area contributed by atoms with Gasteiger partial charge in [-0.05, 0) is 93.8 Å². The number of nitrogens with zero attached hydrogens (tertiary/aromatic N) is 4. The lowest BCUT2D eigenvalue weighted by Crippen LogP contribution is -2.10. The van der Waals surface area contributed by atoms with Crippen molar-refractivity contribution >= 4 is 139 Å². The molecule has 8 nitrogen and oxygen atoms in total. The van der Waals surface area contributed by atoms with Crippen molar-refractivity contribution in [3.63, 3.8) is 0 Å². The number of rotatable bonds is 7. The van der Waals surface area contributed by atoms with Crippen LogP contribution in [0.1, 0.15) is 22.8 Å². The highest BCUT2D eigenvalue weighted by atomic mass is 79.9. The summed E-state index contributed by atoms with van der Waals surface area (Å²) in [4.78, 5) is 22.0. The first kappa shape index (κ1) is 52.7. The number of alkyl halides is 4. The van der Waals surface area contributed by atoms with E-state index >= 15 is 0 Å². The van der Waals surface area contributed by atoms with Gasteiger partial charge in [-0.15, -0.1) is 5.10 Å². The molecule has 0 spiro atoms. The van der Waals surface area contributed by atoms with Gasteiger partial charge in [-0.1, -0.05) is 242 Å². The number of nitrogen functional groups attached to an aromatic ring is 1. The number of aliphatic imine (C=N–C) groups is 1. The first-order chi connectivity index (χ1) is 35.4. The highest BCUT2D eigenvalue weighted by Crippen LogP contribution is 2.34. The van der Waals surface area contributed by atoms with Crippen molar-refractivity contribution in [2.75, 3.05) is 12.0 Å². The van der Waals surface area contributed by atoms with Crippen LogP contribution in [-0.2, 0) is 4.74 Å². The van der Waals surface area contributed by atoms with Gasteiger partial charge in [0.15, 0.2) is 11.6 Å². The molecular formula is C59H44Br2Cl4N6O2. The van der Waals surface area contributed by atoms with Crippen LogP contribution in [0.3, 0.4) is 0 Å². The summed E-state index contributed by atoms with van der Waals surface area (Å²) in [6.45, 7) is 2.31. The third-order valence-corrected chi connectivity index (χ3v) is 12.3. The predicted octanol–water partition coefficient (Wildman–Crippen LogP) is 17.6. The van der Waals surface area contributed by atoms with Crippen molar-refractivity contribution < 1.29 is 9.53 Å². The fraction of sp³-hybridized carbons (Fsp3) is 0.0508. The zero-order valence-electron chi connectivity index (χ0n) is 38.9. The van der Waals surface area contributed by atoms with Gasteiger partial charge in [0.1, 0.15) is 0 Å². The molecule has 1 aromatic heterocycles. The van der Waals surface area contributed by atoms with E-state index in [1.807, 2.05) is 127 Å². The van der Waals surface area contributed by atoms with Crippen LogP contribution in [0.15, 0.2) is 232 Å². The Morgan fingerprint density at radius 3 is 1.66 bits per heavy atom. The van der Waals surface area contributed by atoms with E-state index in [0.717, 1.165) is 69.8 Å². The van der Waals surface area contributed by atoms with Gasteiger partial charge in [0.25, 0.3) is 9.16 Å². The molecular weight excluding hydrogens is 1130 g/mol. The van der Waals surface area contributed by atoms with Crippen LogP contribution in [-0.4, -0.2) is 36.4 Å². The molecule has 10 aromatic carbocycles. The van der Waals surface area contributed by atoms with Crippen LogP contribution < -0.4 is 11.3 Å². The maximum atomic E-state index is 12.7. The van der Waals surface area contributed by atoms with Crippen LogP contribution in [0, 0.1) is 0 Å². The average Bonchev–Trinajstić information content (AvgIpc) is 3.85. The number of carbonyl (C=O) groups excluding carboxylic acids is 1. The van der Waals surface area contributed by atoms with E-state index in [9.17, 15) is 4.79 Å². The number of hydrogen-bond acceptors (Lipinski definition) is 6. The van der Waals surface area contributed by atoms with E-state index in [1.165, 1.54) is 16.2 Å². The average molecular weight is 1170 g/mol. The molecule has 11 aromatic rings. The molecule has 0 aliphatic carbocycles. The number of aromatic nitrogens is 3. The van der Waals surface area contributed by atoms with Gasteiger partial charge in [-0.3, -0.25) is 10.6 Å². The van der Waals surface area contributed by atoms with Crippen molar-refractivity contribution in [2.24, 2.45) is 10.8 Å². The summed E-state index contributed by atoms with van der Waals surface area (Å²) in [6.07, 6.45) is 0. The second kappa shape index (κ2) is 24.9. The lowest BCUT2D eigenvalue weighted by Gasteiger charge is -2.11. The zero-order chi connectivity index (χ0) is 51.3. The Kier molecular flexibility index (Phi) is 18.0. The molecule has 0 saturated heterocycles. The minimum Gasteiger partial charge on any atom is -0.477 e. The summed E-state index contributed by atoms with van der Waals surface area (Å²) in [5.74, 6) is 6.93. The molecule has 1 heterocycles. The number of nitrogens with one attached hydrogen (secondary N) is 1. The van der Waals surface area contributed by atoms with Crippen molar-refractivity contribution in [3.05, 3.63) is 238 Å². The van der Waals surface area contributed by atoms with Crippen molar-refractivity contribution in [1.29, 1.82) is 0 Å². The molecule has 0 bridgehead atoms. The van der Waals surface area contributed by atoms with E-state index in [2.05, 4.69) is 139 Å². The second-order valence-electron chi connectivity index (χ2n) is 16.0. The third kappa shape index (κ3) is 13.7. The van der Waals surface area contributed by atoms with Gasteiger partial charge in [0.05, 0.1) is 18.0 Å². The van der Waals surface area contributed by atoms with Crippen molar-refractivity contribution in [3.8, 4) is 28.5 Å². The van der Waals surface area contributed by atoms with Crippen molar-refractivity contribution in [1.82, 2.24) is 14.8 Å². The Morgan fingerprint density at radius 2 is 1.05 bits per heavy atom. The third-order valence-electron chi connectivity index (χ3n) is 11.3. The number of amides is 1. The maximum absolute atomic E-state index is 12.7. The number of fused-ring (bicyclic) bond motifs is 4.